The average molecular weight is 260 g/mol. The third kappa shape index (κ3) is 2.17. The van der Waals surface area contributed by atoms with Gasteiger partial charge in [0.15, 0.2) is 0 Å². The summed E-state index contributed by atoms with van der Waals surface area (Å²) in [6.07, 6.45) is -0.502. The zero-order valence-corrected chi connectivity index (χ0v) is 10.2. The minimum Gasteiger partial charge on any atom is -0.428 e. The Labute approximate surface area is 110 Å². The van der Waals surface area contributed by atoms with E-state index in [-0.39, 0.29) is 0 Å². The summed E-state index contributed by atoms with van der Waals surface area (Å²) in [5, 5.41) is 4.63. The summed E-state index contributed by atoms with van der Waals surface area (Å²) in [6.45, 7) is 0. The van der Waals surface area contributed by atoms with Gasteiger partial charge in [0, 0.05) is 16.1 Å². The zero-order chi connectivity index (χ0) is 12.4. The van der Waals surface area contributed by atoms with E-state index < -0.39 is 6.29 Å². The number of ether oxygens (including phenoxy) is 1. The SMILES string of the molecule is Clc1ccc(C2ON=C(c3ccccc3)O2)cc1. The Bertz CT molecular complexity index is 566. The summed E-state index contributed by atoms with van der Waals surface area (Å²) >= 11 is 5.83. The fourth-order valence-corrected chi connectivity index (χ4v) is 1.82. The molecule has 90 valence electrons. The summed E-state index contributed by atoms with van der Waals surface area (Å²) in [5.74, 6) is 0.496. The highest BCUT2D eigenvalue weighted by atomic mass is 35.5. The molecule has 18 heavy (non-hydrogen) atoms. The molecule has 1 unspecified atom stereocenters. The fraction of sp³-hybridized carbons (Fsp3) is 0.0714. The molecule has 3 nitrogen and oxygen atoms in total. The topological polar surface area (TPSA) is 30.8 Å². The Morgan fingerprint density at radius 3 is 2.39 bits per heavy atom. The molecule has 0 fully saturated rings. The molecule has 1 aliphatic rings. The van der Waals surface area contributed by atoms with Crippen LogP contribution in [0, 0.1) is 0 Å². The maximum Gasteiger partial charge on any atom is 0.293 e. The van der Waals surface area contributed by atoms with Crippen LogP contribution in [-0.4, -0.2) is 5.90 Å². The summed E-state index contributed by atoms with van der Waals surface area (Å²) < 4.78 is 5.66. The second-order valence-corrected chi connectivity index (χ2v) is 4.31. The second-order valence-electron chi connectivity index (χ2n) is 3.87. The number of hydrogen-bond donors (Lipinski definition) is 0. The van der Waals surface area contributed by atoms with Gasteiger partial charge in [0.25, 0.3) is 12.2 Å². The fourth-order valence-electron chi connectivity index (χ4n) is 1.69. The van der Waals surface area contributed by atoms with Crippen molar-refractivity contribution in [1.82, 2.24) is 0 Å². The third-order valence-corrected chi connectivity index (χ3v) is 2.86. The van der Waals surface area contributed by atoms with Crippen LogP contribution >= 0.6 is 11.6 Å². The molecule has 0 saturated heterocycles. The molecule has 0 radical (unpaired) electrons. The highest BCUT2D eigenvalue weighted by Crippen LogP contribution is 2.27. The highest BCUT2D eigenvalue weighted by Gasteiger charge is 2.24. The van der Waals surface area contributed by atoms with Gasteiger partial charge in [-0.25, -0.2) is 0 Å². The summed E-state index contributed by atoms with van der Waals surface area (Å²) in [5.41, 5.74) is 1.78. The molecule has 1 heterocycles. The molecule has 0 aliphatic carbocycles. The van der Waals surface area contributed by atoms with Gasteiger partial charge in [-0.05, 0) is 29.4 Å². The third-order valence-electron chi connectivity index (χ3n) is 2.61. The Morgan fingerprint density at radius 2 is 1.67 bits per heavy atom. The largest absolute Gasteiger partial charge is 0.428 e. The Hall–Kier alpha value is -2.00. The molecule has 0 amide bonds. The Kier molecular flexibility index (Phi) is 2.90. The zero-order valence-electron chi connectivity index (χ0n) is 9.42. The van der Waals surface area contributed by atoms with E-state index in [4.69, 9.17) is 21.2 Å². The van der Waals surface area contributed by atoms with Crippen molar-refractivity contribution in [2.24, 2.45) is 5.16 Å². The second kappa shape index (κ2) is 4.70. The number of nitrogens with zero attached hydrogens (tertiary/aromatic N) is 1. The van der Waals surface area contributed by atoms with Crippen molar-refractivity contribution < 1.29 is 9.57 Å². The number of rotatable bonds is 2. The molecule has 2 aromatic carbocycles. The minimum absolute atomic E-state index is 0.496. The molecule has 0 aromatic heterocycles. The van der Waals surface area contributed by atoms with E-state index >= 15 is 0 Å². The van der Waals surface area contributed by atoms with Crippen LogP contribution in [0.4, 0.5) is 0 Å². The molecule has 0 bridgehead atoms. The monoisotopic (exact) mass is 259 g/mol. The van der Waals surface area contributed by atoms with Gasteiger partial charge in [-0.1, -0.05) is 41.9 Å². The van der Waals surface area contributed by atoms with E-state index in [1.54, 1.807) is 12.1 Å². The molecule has 1 aliphatic heterocycles. The van der Waals surface area contributed by atoms with Gasteiger partial charge in [-0.2, -0.15) is 0 Å². The number of halogens is 1. The first-order chi connectivity index (χ1) is 8.83. The van der Waals surface area contributed by atoms with Crippen molar-refractivity contribution in [3.8, 4) is 0 Å². The lowest BCUT2D eigenvalue weighted by Crippen LogP contribution is -2.05. The summed E-state index contributed by atoms with van der Waals surface area (Å²) in [4.78, 5) is 5.27. The van der Waals surface area contributed by atoms with Gasteiger partial charge in [-0.15, -0.1) is 0 Å². The lowest BCUT2D eigenvalue weighted by atomic mass is 10.2. The molecule has 3 rings (SSSR count). The molecule has 4 heteroatoms. The van der Waals surface area contributed by atoms with Crippen LogP contribution in [0.25, 0.3) is 0 Å². The summed E-state index contributed by atoms with van der Waals surface area (Å²) in [6, 6.07) is 16.9. The van der Waals surface area contributed by atoms with E-state index in [2.05, 4.69) is 5.16 Å². The molecule has 1 atom stereocenters. The highest BCUT2D eigenvalue weighted by molar-refractivity contribution is 6.30. The smallest absolute Gasteiger partial charge is 0.293 e. The van der Waals surface area contributed by atoms with E-state index in [9.17, 15) is 0 Å². The average Bonchev–Trinajstić information content (AvgIpc) is 2.90. The number of benzene rings is 2. The van der Waals surface area contributed by atoms with Crippen molar-refractivity contribution in [3.05, 3.63) is 70.7 Å². The molecule has 0 spiro atoms. The van der Waals surface area contributed by atoms with Gasteiger partial charge >= 0.3 is 0 Å². The van der Waals surface area contributed by atoms with Gasteiger partial charge < -0.3 is 9.57 Å². The molecular weight excluding hydrogens is 250 g/mol. The standard InChI is InChI=1S/C14H10ClNO2/c15-12-8-6-11(7-9-12)14-17-13(16-18-14)10-4-2-1-3-5-10/h1-9,14H. The lowest BCUT2D eigenvalue weighted by Gasteiger charge is -2.09. The van der Waals surface area contributed by atoms with E-state index in [0.29, 0.717) is 10.9 Å². The molecule has 2 aromatic rings. The van der Waals surface area contributed by atoms with Gasteiger partial charge in [-0.3, -0.25) is 0 Å². The molecule has 0 saturated carbocycles. The predicted octanol–water partition coefficient (Wildman–Crippen LogP) is 3.75. The van der Waals surface area contributed by atoms with Crippen molar-refractivity contribution in [1.29, 1.82) is 0 Å². The van der Waals surface area contributed by atoms with E-state index in [1.807, 2.05) is 42.5 Å². The van der Waals surface area contributed by atoms with Crippen LogP contribution < -0.4 is 0 Å². The molecular formula is C14H10ClNO2. The predicted molar refractivity (Wildman–Crippen MR) is 69.3 cm³/mol. The maximum atomic E-state index is 5.83. The summed E-state index contributed by atoms with van der Waals surface area (Å²) in [7, 11) is 0. The van der Waals surface area contributed by atoms with Gasteiger partial charge in [0.1, 0.15) is 0 Å². The van der Waals surface area contributed by atoms with Crippen molar-refractivity contribution >= 4 is 17.5 Å². The van der Waals surface area contributed by atoms with Crippen molar-refractivity contribution in [3.63, 3.8) is 0 Å². The minimum atomic E-state index is -0.502. The van der Waals surface area contributed by atoms with Crippen molar-refractivity contribution in [2.75, 3.05) is 0 Å². The van der Waals surface area contributed by atoms with Gasteiger partial charge in [0.2, 0.25) is 0 Å². The maximum absolute atomic E-state index is 5.83. The Morgan fingerprint density at radius 1 is 0.944 bits per heavy atom. The normalized spacial score (nSPS) is 17.8. The first-order valence-electron chi connectivity index (χ1n) is 5.54. The van der Waals surface area contributed by atoms with Gasteiger partial charge in [0.05, 0.1) is 0 Å². The van der Waals surface area contributed by atoms with Crippen LogP contribution in [0.3, 0.4) is 0 Å². The van der Waals surface area contributed by atoms with Crippen LogP contribution in [0.5, 0.6) is 0 Å². The first-order valence-corrected chi connectivity index (χ1v) is 5.92. The number of hydrogen-bond acceptors (Lipinski definition) is 3. The molecule has 0 N–H and O–H groups in total. The first kappa shape index (κ1) is 11.1. The van der Waals surface area contributed by atoms with Crippen LogP contribution in [0.2, 0.25) is 5.02 Å². The number of oxime groups is 1. The quantitative estimate of drug-likeness (QED) is 0.822. The lowest BCUT2D eigenvalue weighted by molar-refractivity contribution is -0.0498. The van der Waals surface area contributed by atoms with Crippen LogP contribution in [0.15, 0.2) is 59.8 Å². The van der Waals surface area contributed by atoms with Crippen LogP contribution in [0.1, 0.15) is 17.4 Å². The van der Waals surface area contributed by atoms with Crippen LogP contribution in [-0.2, 0) is 9.57 Å². The van der Waals surface area contributed by atoms with E-state index in [0.717, 1.165) is 11.1 Å². The Balaban J connectivity index is 1.76. The van der Waals surface area contributed by atoms with Crippen molar-refractivity contribution in [2.45, 2.75) is 6.29 Å². The van der Waals surface area contributed by atoms with E-state index in [1.165, 1.54) is 0 Å².